The molecule has 17 heavy (non-hydrogen) atoms. The van der Waals surface area contributed by atoms with E-state index < -0.39 is 0 Å². The Morgan fingerprint density at radius 1 is 1.47 bits per heavy atom. The van der Waals surface area contributed by atoms with Crippen LogP contribution in [0.15, 0.2) is 12.4 Å². The van der Waals surface area contributed by atoms with Gasteiger partial charge in [-0.15, -0.1) is 0 Å². The van der Waals surface area contributed by atoms with E-state index in [4.69, 9.17) is 11.6 Å². The van der Waals surface area contributed by atoms with Gasteiger partial charge in [-0.1, -0.05) is 11.6 Å². The molecule has 0 spiro atoms. The Hall–Kier alpha value is -0.670. The molecule has 1 atom stereocenters. The van der Waals surface area contributed by atoms with Gasteiger partial charge >= 0.3 is 0 Å². The van der Waals surface area contributed by atoms with E-state index in [1.807, 2.05) is 6.07 Å². The highest BCUT2D eigenvalue weighted by molar-refractivity contribution is 6.29. The monoisotopic (exact) mass is 253 g/mol. The second-order valence-electron chi connectivity index (χ2n) is 5.00. The first kappa shape index (κ1) is 12.8. The Kier molecular flexibility index (Phi) is 4.35. The molecule has 94 valence electrons. The molecular formula is C13H20ClN3. The van der Waals surface area contributed by atoms with Crippen LogP contribution in [0.25, 0.3) is 0 Å². The third-order valence-electron chi connectivity index (χ3n) is 3.51. The van der Waals surface area contributed by atoms with Crippen LogP contribution in [0.1, 0.15) is 38.8 Å². The largest absolute Gasteiger partial charge is 0.298 e. The topological polar surface area (TPSA) is 29.0 Å². The summed E-state index contributed by atoms with van der Waals surface area (Å²) in [4.78, 5) is 10.8. The van der Waals surface area contributed by atoms with Crippen LogP contribution in [0.2, 0.25) is 5.15 Å². The number of likely N-dealkylation sites (tertiary alicyclic amines) is 1. The van der Waals surface area contributed by atoms with Crippen LogP contribution in [-0.2, 0) is 6.42 Å². The minimum absolute atomic E-state index is 0.544. The zero-order valence-electron chi connectivity index (χ0n) is 10.6. The third-order valence-corrected chi connectivity index (χ3v) is 3.72. The summed E-state index contributed by atoms with van der Waals surface area (Å²) < 4.78 is 0. The van der Waals surface area contributed by atoms with E-state index in [1.165, 1.54) is 25.8 Å². The number of rotatable bonds is 4. The van der Waals surface area contributed by atoms with Crippen molar-refractivity contribution >= 4 is 11.6 Å². The number of hydrogen-bond donors (Lipinski definition) is 0. The first-order chi connectivity index (χ1) is 8.16. The van der Waals surface area contributed by atoms with Gasteiger partial charge in [0.1, 0.15) is 11.5 Å². The molecule has 3 nitrogen and oxygen atoms in total. The normalized spacial score (nSPS) is 21.3. The van der Waals surface area contributed by atoms with Gasteiger partial charge < -0.3 is 0 Å². The summed E-state index contributed by atoms with van der Waals surface area (Å²) in [5.41, 5.74) is 1.06. The standard InChI is InChI=1S/C13H20ClN3/c1-10(2)17-7-3-4-12(17)6-5-11-8-13(14)16-9-15-11/h8-10,12H,3-7H2,1-2H3/t12-/m0/s1. The Balaban J connectivity index is 1.89. The number of nitrogens with zero attached hydrogens (tertiary/aromatic N) is 3. The molecule has 0 amide bonds. The van der Waals surface area contributed by atoms with Crippen molar-refractivity contribution in [1.29, 1.82) is 0 Å². The minimum Gasteiger partial charge on any atom is -0.298 e. The quantitative estimate of drug-likeness (QED) is 0.773. The average molecular weight is 254 g/mol. The molecule has 2 heterocycles. The molecule has 1 saturated heterocycles. The van der Waals surface area contributed by atoms with Crippen LogP contribution in [-0.4, -0.2) is 33.5 Å². The van der Waals surface area contributed by atoms with E-state index in [1.54, 1.807) is 6.33 Å². The van der Waals surface area contributed by atoms with Gasteiger partial charge in [0, 0.05) is 17.8 Å². The fraction of sp³-hybridized carbons (Fsp3) is 0.692. The van der Waals surface area contributed by atoms with Crippen LogP contribution in [0.5, 0.6) is 0 Å². The fourth-order valence-electron chi connectivity index (χ4n) is 2.67. The van der Waals surface area contributed by atoms with Crippen molar-refractivity contribution < 1.29 is 0 Å². The van der Waals surface area contributed by atoms with Crippen molar-refractivity contribution in [3.8, 4) is 0 Å². The molecule has 1 aliphatic rings. The van der Waals surface area contributed by atoms with E-state index in [9.17, 15) is 0 Å². The maximum Gasteiger partial charge on any atom is 0.132 e. The van der Waals surface area contributed by atoms with Crippen molar-refractivity contribution in [2.45, 2.75) is 51.6 Å². The molecule has 0 bridgehead atoms. The fourth-order valence-corrected chi connectivity index (χ4v) is 2.84. The highest BCUT2D eigenvalue weighted by atomic mass is 35.5. The Morgan fingerprint density at radius 2 is 2.29 bits per heavy atom. The van der Waals surface area contributed by atoms with Gasteiger partial charge in [-0.05, 0) is 52.1 Å². The van der Waals surface area contributed by atoms with Crippen molar-refractivity contribution in [3.63, 3.8) is 0 Å². The minimum atomic E-state index is 0.544. The molecule has 0 aliphatic carbocycles. The summed E-state index contributed by atoms with van der Waals surface area (Å²) in [6.07, 6.45) is 6.36. The second-order valence-corrected chi connectivity index (χ2v) is 5.39. The first-order valence-electron chi connectivity index (χ1n) is 6.39. The first-order valence-corrected chi connectivity index (χ1v) is 6.77. The second kappa shape index (κ2) is 5.78. The number of hydrogen-bond acceptors (Lipinski definition) is 3. The summed E-state index contributed by atoms with van der Waals surface area (Å²) in [6.45, 7) is 5.80. The van der Waals surface area contributed by atoms with Gasteiger partial charge in [-0.2, -0.15) is 0 Å². The zero-order chi connectivity index (χ0) is 12.3. The van der Waals surface area contributed by atoms with Crippen molar-refractivity contribution in [3.05, 3.63) is 23.2 Å². The Morgan fingerprint density at radius 3 is 3.00 bits per heavy atom. The van der Waals surface area contributed by atoms with Gasteiger partial charge in [-0.25, -0.2) is 9.97 Å². The van der Waals surface area contributed by atoms with Crippen LogP contribution in [0.3, 0.4) is 0 Å². The molecule has 1 fully saturated rings. The maximum atomic E-state index is 5.86. The molecule has 0 N–H and O–H groups in total. The van der Waals surface area contributed by atoms with Gasteiger partial charge in [0.05, 0.1) is 0 Å². The van der Waals surface area contributed by atoms with E-state index in [0.29, 0.717) is 17.2 Å². The van der Waals surface area contributed by atoms with Crippen LogP contribution in [0.4, 0.5) is 0 Å². The van der Waals surface area contributed by atoms with Gasteiger partial charge in [-0.3, -0.25) is 4.90 Å². The van der Waals surface area contributed by atoms with Crippen LogP contribution < -0.4 is 0 Å². The lowest BCUT2D eigenvalue weighted by Gasteiger charge is -2.28. The molecule has 0 aromatic carbocycles. The summed E-state index contributed by atoms with van der Waals surface area (Å²) in [6, 6.07) is 3.23. The maximum absolute atomic E-state index is 5.86. The summed E-state index contributed by atoms with van der Waals surface area (Å²) >= 11 is 5.86. The van der Waals surface area contributed by atoms with Gasteiger partial charge in [0.25, 0.3) is 0 Å². The average Bonchev–Trinajstić information content (AvgIpc) is 2.74. The summed E-state index contributed by atoms with van der Waals surface area (Å²) in [5.74, 6) is 0. The third kappa shape index (κ3) is 3.39. The predicted octanol–water partition coefficient (Wildman–Crippen LogP) is 2.94. The van der Waals surface area contributed by atoms with Crippen molar-refractivity contribution in [2.24, 2.45) is 0 Å². The number of aromatic nitrogens is 2. The molecule has 0 saturated carbocycles. The van der Waals surface area contributed by atoms with E-state index in [2.05, 4.69) is 28.7 Å². The van der Waals surface area contributed by atoms with E-state index >= 15 is 0 Å². The van der Waals surface area contributed by atoms with Crippen LogP contribution in [0, 0.1) is 0 Å². The lowest BCUT2D eigenvalue weighted by atomic mass is 10.1. The predicted molar refractivity (Wildman–Crippen MR) is 70.2 cm³/mol. The molecule has 0 radical (unpaired) electrons. The summed E-state index contributed by atoms with van der Waals surface area (Å²) in [7, 11) is 0. The van der Waals surface area contributed by atoms with Crippen molar-refractivity contribution in [1.82, 2.24) is 14.9 Å². The van der Waals surface area contributed by atoms with E-state index in [0.717, 1.165) is 12.1 Å². The molecule has 1 aromatic heterocycles. The Labute approximate surface area is 108 Å². The number of aryl methyl sites for hydroxylation is 1. The SMILES string of the molecule is CC(C)N1CCC[C@H]1CCc1cc(Cl)ncn1. The van der Waals surface area contributed by atoms with Crippen LogP contribution >= 0.6 is 11.6 Å². The lowest BCUT2D eigenvalue weighted by Crippen LogP contribution is -2.35. The molecule has 1 aliphatic heterocycles. The highest BCUT2D eigenvalue weighted by Crippen LogP contribution is 2.23. The molecule has 1 aromatic rings. The molecular weight excluding hydrogens is 234 g/mol. The van der Waals surface area contributed by atoms with E-state index in [-0.39, 0.29) is 0 Å². The van der Waals surface area contributed by atoms with Gasteiger partial charge in [0.2, 0.25) is 0 Å². The zero-order valence-corrected chi connectivity index (χ0v) is 11.3. The Bertz CT molecular complexity index is 367. The highest BCUT2D eigenvalue weighted by Gasteiger charge is 2.25. The smallest absolute Gasteiger partial charge is 0.132 e. The molecule has 0 unspecified atom stereocenters. The van der Waals surface area contributed by atoms with Gasteiger partial charge in [0.15, 0.2) is 0 Å². The molecule has 4 heteroatoms. The number of halogens is 1. The summed E-state index contributed by atoms with van der Waals surface area (Å²) in [5, 5.41) is 0.544. The lowest BCUT2D eigenvalue weighted by molar-refractivity contribution is 0.195. The molecule has 2 rings (SSSR count). The van der Waals surface area contributed by atoms with Crippen molar-refractivity contribution in [2.75, 3.05) is 6.54 Å².